The monoisotopic (exact) mass is 426 g/mol. The van der Waals surface area contributed by atoms with E-state index in [9.17, 15) is 19.8 Å². The number of ether oxygens (including phenoxy) is 1. The molecule has 2 aliphatic rings. The van der Waals surface area contributed by atoms with Crippen LogP contribution in [0.15, 0.2) is 36.3 Å². The van der Waals surface area contributed by atoms with E-state index in [1.807, 2.05) is 42.0 Å². The van der Waals surface area contributed by atoms with E-state index in [1.54, 1.807) is 18.3 Å². The van der Waals surface area contributed by atoms with Gasteiger partial charge in [0.25, 0.3) is 0 Å². The first-order valence-corrected chi connectivity index (χ1v) is 10.2. The molecule has 2 saturated heterocycles. The van der Waals surface area contributed by atoms with E-state index in [0.29, 0.717) is 24.3 Å². The molecule has 2 aromatic rings. The molecule has 0 aliphatic carbocycles. The molecule has 31 heavy (non-hydrogen) atoms. The first-order chi connectivity index (χ1) is 14.9. The zero-order valence-corrected chi connectivity index (χ0v) is 17.6. The largest absolute Gasteiger partial charge is 0.495 e. The van der Waals surface area contributed by atoms with E-state index >= 15 is 0 Å². The normalized spacial score (nSPS) is 22.9. The highest BCUT2D eigenvalue weighted by Gasteiger charge is 2.41. The van der Waals surface area contributed by atoms with Gasteiger partial charge in [0.15, 0.2) is 0 Å². The molecule has 2 amide bonds. The summed E-state index contributed by atoms with van der Waals surface area (Å²) in [5, 5.41) is 19.5. The molecule has 2 fully saturated rings. The van der Waals surface area contributed by atoms with Gasteiger partial charge in [-0.25, -0.2) is 9.78 Å². The second-order valence-corrected chi connectivity index (χ2v) is 7.95. The molecule has 164 valence electrons. The van der Waals surface area contributed by atoms with Crippen LogP contribution in [0.4, 0.5) is 4.79 Å². The molecule has 0 spiro atoms. The number of β-amino-alcohol motifs (C(OH)–C–C–N with tert-alkyl or cyclic N) is 1. The smallest absolute Gasteiger partial charge is 0.407 e. The topological polar surface area (TPSA) is 108 Å². The summed E-state index contributed by atoms with van der Waals surface area (Å²) in [7, 11) is 1.60. The molecular weight excluding hydrogens is 400 g/mol. The number of hydrogen-bond acceptors (Lipinski definition) is 5. The van der Waals surface area contributed by atoms with Crippen LogP contribution in [-0.2, 0) is 4.79 Å². The van der Waals surface area contributed by atoms with Crippen molar-refractivity contribution in [3.8, 4) is 11.4 Å². The van der Waals surface area contributed by atoms with E-state index in [4.69, 9.17) is 4.74 Å². The summed E-state index contributed by atoms with van der Waals surface area (Å²) in [5.74, 6) is 0.506. The number of piperidine rings is 1. The van der Waals surface area contributed by atoms with E-state index < -0.39 is 18.2 Å². The molecule has 1 aromatic carbocycles. The summed E-state index contributed by atoms with van der Waals surface area (Å²) in [6.07, 6.45) is 4.91. The Morgan fingerprint density at radius 3 is 2.77 bits per heavy atom. The lowest BCUT2D eigenvalue weighted by atomic mass is 9.98. The van der Waals surface area contributed by atoms with Crippen LogP contribution in [0.3, 0.4) is 0 Å². The molecule has 9 nitrogen and oxygen atoms in total. The van der Waals surface area contributed by atoms with E-state index in [-0.39, 0.29) is 19.0 Å². The van der Waals surface area contributed by atoms with Gasteiger partial charge in [-0.15, -0.1) is 0 Å². The third kappa shape index (κ3) is 4.13. The van der Waals surface area contributed by atoms with Gasteiger partial charge in [-0.05, 0) is 43.5 Å². The van der Waals surface area contributed by atoms with Crippen molar-refractivity contribution in [3.05, 3.63) is 47.6 Å². The summed E-state index contributed by atoms with van der Waals surface area (Å²) in [6.45, 7) is 2.57. The van der Waals surface area contributed by atoms with Crippen LogP contribution >= 0.6 is 0 Å². The number of imidazole rings is 1. The second-order valence-electron chi connectivity index (χ2n) is 7.95. The number of aryl methyl sites for hydroxylation is 1. The summed E-state index contributed by atoms with van der Waals surface area (Å²) in [6, 6.07) is 5.19. The number of aromatic nitrogens is 2. The Balaban J connectivity index is 1.57. The molecule has 2 aliphatic heterocycles. The Morgan fingerprint density at radius 1 is 1.32 bits per heavy atom. The molecule has 0 saturated carbocycles. The van der Waals surface area contributed by atoms with Gasteiger partial charge in [-0.2, -0.15) is 0 Å². The fraction of sp³-hybridized carbons (Fsp3) is 0.409. The van der Waals surface area contributed by atoms with Gasteiger partial charge in [-0.3, -0.25) is 4.79 Å². The summed E-state index contributed by atoms with van der Waals surface area (Å²) >= 11 is 0. The maximum atomic E-state index is 13.1. The van der Waals surface area contributed by atoms with Crippen LogP contribution in [-0.4, -0.2) is 80.5 Å². The Morgan fingerprint density at radius 2 is 2.13 bits per heavy atom. The van der Waals surface area contributed by atoms with Crippen LogP contribution in [0.25, 0.3) is 11.8 Å². The minimum Gasteiger partial charge on any atom is -0.495 e. The average molecular weight is 426 g/mol. The number of hydrogen-bond donors (Lipinski definition) is 2. The summed E-state index contributed by atoms with van der Waals surface area (Å²) in [4.78, 5) is 31.4. The van der Waals surface area contributed by atoms with E-state index in [2.05, 4.69) is 4.98 Å². The lowest BCUT2D eigenvalue weighted by Crippen LogP contribution is -2.49. The standard InChI is InChI=1S/C22H26N4O5/c1-14-10-25(13-23-14)17-6-5-15(9-20(17)31-2)8-16-4-3-7-26(21(16)28)18-11-24(22(29)30)12-19(18)27/h5-6,8-10,13,18-19,27H,3-4,7,11-12H2,1-2H3,(H,29,30)/b16-8+/t18-,19-/m0/s1. The summed E-state index contributed by atoms with van der Waals surface area (Å²) in [5.41, 5.74) is 3.23. The maximum Gasteiger partial charge on any atom is 0.407 e. The van der Waals surface area contributed by atoms with Gasteiger partial charge in [0.1, 0.15) is 5.75 Å². The maximum absolute atomic E-state index is 13.1. The van der Waals surface area contributed by atoms with Crippen molar-refractivity contribution in [1.29, 1.82) is 0 Å². The van der Waals surface area contributed by atoms with E-state index in [0.717, 1.165) is 28.3 Å². The number of benzene rings is 1. The number of likely N-dealkylation sites (tertiary alicyclic amines) is 2. The van der Waals surface area contributed by atoms with Crippen LogP contribution in [0.2, 0.25) is 0 Å². The predicted molar refractivity (Wildman–Crippen MR) is 113 cm³/mol. The van der Waals surface area contributed by atoms with Crippen molar-refractivity contribution in [2.24, 2.45) is 0 Å². The molecule has 2 N–H and O–H groups in total. The second kappa shape index (κ2) is 8.43. The zero-order valence-electron chi connectivity index (χ0n) is 17.6. The molecule has 3 heterocycles. The van der Waals surface area contributed by atoms with Gasteiger partial charge in [0, 0.05) is 24.9 Å². The molecule has 0 radical (unpaired) electrons. The lowest BCUT2D eigenvalue weighted by Gasteiger charge is -2.34. The summed E-state index contributed by atoms with van der Waals surface area (Å²) < 4.78 is 7.43. The molecule has 0 bridgehead atoms. The number of carbonyl (C=O) groups is 2. The number of nitrogens with zero attached hydrogens (tertiary/aromatic N) is 4. The van der Waals surface area contributed by atoms with Gasteiger partial charge in [0.2, 0.25) is 5.91 Å². The number of aliphatic hydroxyl groups is 1. The van der Waals surface area contributed by atoms with Gasteiger partial charge in [-0.1, -0.05) is 6.07 Å². The molecular formula is C22H26N4O5. The Kier molecular flexibility index (Phi) is 5.69. The molecule has 9 heteroatoms. The van der Waals surface area contributed by atoms with Crippen molar-refractivity contribution in [2.75, 3.05) is 26.7 Å². The Labute approximate surface area is 180 Å². The van der Waals surface area contributed by atoms with Crippen molar-refractivity contribution < 1.29 is 24.5 Å². The van der Waals surface area contributed by atoms with Crippen LogP contribution in [0.1, 0.15) is 24.1 Å². The van der Waals surface area contributed by atoms with Crippen molar-refractivity contribution in [2.45, 2.75) is 31.9 Å². The first kappa shape index (κ1) is 20.9. The van der Waals surface area contributed by atoms with Gasteiger partial charge >= 0.3 is 6.09 Å². The minimum atomic E-state index is -1.08. The van der Waals surface area contributed by atoms with Crippen molar-refractivity contribution in [1.82, 2.24) is 19.4 Å². The van der Waals surface area contributed by atoms with Crippen LogP contribution < -0.4 is 4.74 Å². The quantitative estimate of drug-likeness (QED) is 0.723. The first-order valence-electron chi connectivity index (χ1n) is 10.2. The fourth-order valence-electron chi connectivity index (χ4n) is 4.27. The van der Waals surface area contributed by atoms with Gasteiger partial charge < -0.3 is 29.3 Å². The number of amides is 2. The van der Waals surface area contributed by atoms with Crippen LogP contribution in [0, 0.1) is 6.92 Å². The predicted octanol–water partition coefficient (Wildman–Crippen LogP) is 1.92. The highest BCUT2D eigenvalue weighted by atomic mass is 16.5. The number of methoxy groups -OCH3 is 1. The molecule has 1 aromatic heterocycles. The SMILES string of the molecule is COc1cc(/C=C2\CCCN([C@H]3CN(C(=O)O)C[C@@H]3O)C2=O)ccc1-n1cnc(C)c1. The zero-order chi connectivity index (χ0) is 22.1. The highest BCUT2D eigenvalue weighted by molar-refractivity contribution is 5.99. The van der Waals surface area contributed by atoms with Crippen molar-refractivity contribution in [3.63, 3.8) is 0 Å². The lowest BCUT2D eigenvalue weighted by molar-refractivity contribution is -0.132. The Hall–Kier alpha value is -3.33. The minimum absolute atomic E-state index is 0.0230. The number of carbonyl (C=O) groups excluding carboxylic acids is 1. The number of carboxylic acid groups (broad SMARTS) is 1. The molecule has 2 atom stereocenters. The third-order valence-electron chi connectivity index (χ3n) is 5.85. The van der Waals surface area contributed by atoms with Crippen molar-refractivity contribution >= 4 is 18.1 Å². The van der Waals surface area contributed by atoms with Gasteiger partial charge in [0.05, 0.1) is 43.5 Å². The fourth-order valence-corrected chi connectivity index (χ4v) is 4.27. The third-order valence-corrected chi connectivity index (χ3v) is 5.85. The van der Waals surface area contributed by atoms with E-state index in [1.165, 1.54) is 0 Å². The van der Waals surface area contributed by atoms with Crippen LogP contribution in [0.5, 0.6) is 5.75 Å². The molecule has 0 unspecified atom stereocenters. The number of rotatable bonds is 4. The Bertz CT molecular complexity index is 1030. The number of aliphatic hydroxyl groups excluding tert-OH is 1. The highest BCUT2D eigenvalue weighted by Crippen LogP contribution is 2.29. The average Bonchev–Trinajstić information content (AvgIpc) is 3.35. The molecule has 4 rings (SSSR count).